The number of nitriles is 1. The maximum absolute atomic E-state index is 13.6. The van der Waals surface area contributed by atoms with Crippen LogP contribution in [0, 0.1) is 17.1 Å². The zero-order valence-corrected chi connectivity index (χ0v) is 20.8. The minimum absolute atomic E-state index is 0.162. The Hall–Kier alpha value is -3.84. The lowest BCUT2D eigenvalue weighted by Gasteiger charge is -2.38. The minimum Gasteiger partial charge on any atom is -0.364 e. The molecule has 0 spiro atoms. The van der Waals surface area contributed by atoms with Crippen molar-refractivity contribution in [1.29, 1.82) is 5.26 Å². The minimum atomic E-state index is -4.68. The molecule has 1 aromatic heterocycles. The zero-order chi connectivity index (χ0) is 27.0. The number of rotatable bonds is 6. The largest absolute Gasteiger partial charge is 0.417 e. The van der Waals surface area contributed by atoms with Gasteiger partial charge in [-0.1, -0.05) is 13.0 Å². The molecule has 0 aliphatic carbocycles. The van der Waals surface area contributed by atoms with E-state index in [2.05, 4.69) is 16.3 Å². The molecule has 0 saturated carbocycles. The molecule has 4 rings (SSSR count). The highest BCUT2D eigenvalue weighted by Crippen LogP contribution is 2.37. The van der Waals surface area contributed by atoms with Crippen LogP contribution in [0.25, 0.3) is 11.3 Å². The standard InChI is InChI=1S/C27H28F4N6/c1-4-5-22(26(2,3)33)36-12-13-37-23(16-36)35-24(17-6-9-19(28)10-7-17)25(37)34-20-11-8-18(15-32)21(14-20)27(29,30)31/h5-11,14,34H,4,12-13,16,33H2,1-3H3/b22-5+. The number of alkyl halides is 3. The normalized spacial score (nSPS) is 14.4. The number of aromatic nitrogens is 2. The van der Waals surface area contributed by atoms with Crippen LogP contribution in [0.4, 0.5) is 29.1 Å². The first kappa shape index (κ1) is 26.2. The van der Waals surface area contributed by atoms with E-state index in [1.54, 1.807) is 18.2 Å². The van der Waals surface area contributed by atoms with Crippen LogP contribution < -0.4 is 11.1 Å². The van der Waals surface area contributed by atoms with E-state index in [4.69, 9.17) is 16.0 Å². The number of halogens is 4. The van der Waals surface area contributed by atoms with Crippen LogP contribution in [0.3, 0.4) is 0 Å². The quantitative estimate of drug-likeness (QED) is 0.386. The van der Waals surface area contributed by atoms with Crippen LogP contribution in [-0.4, -0.2) is 26.5 Å². The van der Waals surface area contributed by atoms with Gasteiger partial charge in [-0.05, 0) is 62.7 Å². The van der Waals surface area contributed by atoms with Crippen molar-refractivity contribution in [2.75, 3.05) is 11.9 Å². The maximum atomic E-state index is 13.6. The molecule has 10 heteroatoms. The second kappa shape index (κ2) is 9.90. The average molecular weight is 513 g/mol. The predicted octanol–water partition coefficient (Wildman–Crippen LogP) is 6.17. The Morgan fingerprint density at radius 3 is 2.46 bits per heavy atom. The van der Waals surface area contributed by atoms with E-state index < -0.39 is 28.7 Å². The molecule has 0 amide bonds. The Labute approximate surface area is 213 Å². The van der Waals surface area contributed by atoms with Gasteiger partial charge in [-0.15, -0.1) is 0 Å². The Kier molecular flexibility index (Phi) is 7.02. The van der Waals surface area contributed by atoms with E-state index in [0.29, 0.717) is 42.5 Å². The van der Waals surface area contributed by atoms with Gasteiger partial charge in [-0.2, -0.15) is 18.4 Å². The molecule has 1 aliphatic rings. The average Bonchev–Trinajstić information content (AvgIpc) is 3.19. The van der Waals surface area contributed by atoms with Gasteiger partial charge in [-0.3, -0.25) is 0 Å². The summed E-state index contributed by atoms with van der Waals surface area (Å²) in [4.78, 5) is 6.98. The predicted molar refractivity (Wildman–Crippen MR) is 134 cm³/mol. The summed E-state index contributed by atoms with van der Waals surface area (Å²) < 4.78 is 56.3. The van der Waals surface area contributed by atoms with E-state index in [-0.39, 0.29) is 5.69 Å². The second-order valence-corrected chi connectivity index (χ2v) is 9.52. The topological polar surface area (TPSA) is 82.9 Å². The van der Waals surface area contributed by atoms with Crippen molar-refractivity contribution in [2.45, 2.75) is 52.0 Å². The van der Waals surface area contributed by atoms with Crippen molar-refractivity contribution >= 4 is 11.5 Å². The molecule has 3 aromatic rings. The van der Waals surface area contributed by atoms with Gasteiger partial charge in [0.05, 0.1) is 23.7 Å². The molecule has 0 radical (unpaired) electrons. The molecular weight excluding hydrogens is 484 g/mol. The van der Waals surface area contributed by atoms with Crippen LogP contribution in [0.1, 0.15) is 44.1 Å². The summed E-state index contributed by atoms with van der Waals surface area (Å²) in [6, 6.07) is 10.9. The van der Waals surface area contributed by atoms with Crippen LogP contribution in [-0.2, 0) is 19.3 Å². The van der Waals surface area contributed by atoms with Gasteiger partial charge in [0.25, 0.3) is 0 Å². The Morgan fingerprint density at radius 1 is 1.16 bits per heavy atom. The Balaban J connectivity index is 1.79. The lowest BCUT2D eigenvalue weighted by molar-refractivity contribution is -0.137. The van der Waals surface area contributed by atoms with E-state index in [1.165, 1.54) is 18.2 Å². The smallest absolute Gasteiger partial charge is 0.364 e. The first-order valence-electron chi connectivity index (χ1n) is 11.9. The third-order valence-corrected chi connectivity index (χ3v) is 6.20. The molecule has 6 nitrogen and oxygen atoms in total. The zero-order valence-electron chi connectivity index (χ0n) is 20.8. The summed E-state index contributed by atoms with van der Waals surface area (Å²) in [6.45, 7) is 7.49. The number of fused-ring (bicyclic) bond motifs is 1. The molecule has 0 unspecified atom stereocenters. The first-order chi connectivity index (χ1) is 17.4. The molecule has 0 fully saturated rings. The number of anilines is 2. The van der Waals surface area contributed by atoms with Crippen molar-refractivity contribution in [3.63, 3.8) is 0 Å². The van der Waals surface area contributed by atoms with Crippen molar-refractivity contribution in [3.8, 4) is 17.3 Å². The highest BCUT2D eigenvalue weighted by Gasteiger charge is 2.34. The number of nitrogens with two attached hydrogens (primary N) is 1. The number of allylic oxidation sites excluding steroid dienone is 1. The fourth-order valence-electron chi connectivity index (χ4n) is 4.56. The fourth-order valence-corrected chi connectivity index (χ4v) is 4.56. The van der Waals surface area contributed by atoms with E-state index in [9.17, 15) is 17.6 Å². The molecular formula is C27H28F4N6. The lowest BCUT2D eigenvalue weighted by Crippen LogP contribution is -2.45. The lowest BCUT2D eigenvalue weighted by atomic mass is 9.99. The molecule has 194 valence electrons. The Morgan fingerprint density at radius 2 is 1.86 bits per heavy atom. The van der Waals surface area contributed by atoms with E-state index in [0.717, 1.165) is 24.3 Å². The van der Waals surface area contributed by atoms with E-state index in [1.807, 2.05) is 25.3 Å². The summed E-state index contributed by atoms with van der Waals surface area (Å²) in [5, 5.41) is 12.2. The van der Waals surface area contributed by atoms with Gasteiger partial charge >= 0.3 is 6.18 Å². The highest BCUT2D eigenvalue weighted by atomic mass is 19.4. The van der Waals surface area contributed by atoms with Gasteiger partial charge in [0.2, 0.25) is 0 Å². The summed E-state index contributed by atoms with van der Waals surface area (Å²) in [6.07, 6.45) is -1.78. The van der Waals surface area contributed by atoms with Crippen LogP contribution in [0.2, 0.25) is 0 Å². The van der Waals surface area contributed by atoms with Gasteiger partial charge in [0, 0.05) is 35.6 Å². The number of hydrogen-bond acceptors (Lipinski definition) is 5. The molecule has 2 heterocycles. The number of imidazole rings is 1. The fraction of sp³-hybridized carbons (Fsp3) is 0.333. The van der Waals surface area contributed by atoms with Crippen LogP contribution in [0.5, 0.6) is 0 Å². The monoisotopic (exact) mass is 512 g/mol. The van der Waals surface area contributed by atoms with E-state index >= 15 is 0 Å². The molecule has 0 bridgehead atoms. The number of nitrogens with zero attached hydrogens (tertiary/aromatic N) is 4. The second-order valence-electron chi connectivity index (χ2n) is 9.52. The third-order valence-electron chi connectivity index (χ3n) is 6.20. The maximum Gasteiger partial charge on any atom is 0.417 e. The molecule has 0 atom stereocenters. The van der Waals surface area contributed by atoms with Gasteiger partial charge in [-0.25, -0.2) is 9.37 Å². The molecule has 0 saturated heterocycles. The third kappa shape index (κ3) is 5.47. The summed E-state index contributed by atoms with van der Waals surface area (Å²) >= 11 is 0. The van der Waals surface area contributed by atoms with Gasteiger partial charge in [0.1, 0.15) is 23.2 Å². The Bertz CT molecular complexity index is 1360. The number of benzene rings is 2. The molecule has 3 N–H and O–H groups in total. The molecule has 2 aromatic carbocycles. The highest BCUT2D eigenvalue weighted by molar-refractivity contribution is 5.77. The van der Waals surface area contributed by atoms with Crippen molar-refractivity contribution < 1.29 is 17.6 Å². The molecule has 1 aliphatic heterocycles. The van der Waals surface area contributed by atoms with Crippen molar-refractivity contribution in [1.82, 2.24) is 14.5 Å². The SMILES string of the molecule is CC/C=C(/N1CCn2c(nc(-c3ccc(F)cc3)c2Nc2ccc(C#N)c(C(F)(F)F)c2)C1)C(C)(C)N. The van der Waals surface area contributed by atoms with Gasteiger partial charge < -0.3 is 20.5 Å². The van der Waals surface area contributed by atoms with Crippen LogP contribution in [0.15, 0.2) is 54.2 Å². The first-order valence-corrected chi connectivity index (χ1v) is 11.9. The van der Waals surface area contributed by atoms with Crippen molar-refractivity contribution in [2.24, 2.45) is 5.73 Å². The summed E-state index contributed by atoms with van der Waals surface area (Å²) in [7, 11) is 0. The number of nitrogens with one attached hydrogen (secondary N) is 1. The summed E-state index contributed by atoms with van der Waals surface area (Å²) in [5.41, 5.74) is 6.64. The van der Waals surface area contributed by atoms with Crippen LogP contribution >= 0.6 is 0 Å². The summed E-state index contributed by atoms with van der Waals surface area (Å²) in [5.74, 6) is 0.783. The van der Waals surface area contributed by atoms with Gasteiger partial charge in [0.15, 0.2) is 0 Å². The number of hydrogen-bond donors (Lipinski definition) is 2. The van der Waals surface area contributed by atoms with Crippen molar-refractivity contribution in [3.05, 3.63) is 77.0 Å². The molecule has 37 heavy (non-hydrogen) atoms.